The maximum Gasteiger partial charge on any atom is 0.150 e. The molecule has 1 fully saturated rings. The van der Waals surface area contributed by atoms with E-state index in [1.165, 1.54) is 12.6 Å². The van der Waals surface area contributed by atoms with Gasteiger partial charge in [0.15, 0.2) is 0 Å². The highest BCUT2D eigenvalue weighted by molar-refractivity contribution is 7.91. The van der Waals surface area contributed by atoms with Crippen molar-refractivity contribution in [1.82, 2.24) is 19.5 Å². The number of hydrogen-bond donors (Lipinski definition) is 1. The van der Waals surface area contributed by atoms with Gasteiger partial charge in [-0.2, -0.15) is 0 Å². The van der Waals surface area contributed by atoms with Gasteiger partial charge in [-0.25, -0.2) is 23.4 Å². The summed E-state index contributed by atoms with van der Waals surface area (Å²) in [6.45, 7) is 0.802. The number of aromatic nitrogens is 4. The maximum absolute atomic E-state index is 11.6. The predicted octanol–water partition coefficient (Wildman–Crippen LogP) is 1.68. The highest BCUT2D eigenvalue weighted by Crippen LogP contribution is 2.28. The Hall–Kier alpha value is -1.96. The lowest BCUT2D eigenvalue weighted by Gasteiger charge is -2.27. The Morgan fingerprint density at radius 3 is 2.70 bits per heavy atom. The molecular formula is C15H21N5O2S. The number of anilines is 1. The van der Waals surface area contributed by atoms with Crippen LogP contribution in [0.2, 0.25) is 0 Å². The van der Waals surface area contributed by atoms with Crippen molar-refractivity contribution in [2.75, 3.05) is 18.1 Å². The highest BCUT2D eigenvalue weighted by atomic mass is 32.2. The third-order valence-electron chi connectivity index (χ3n) is 4.39. The standard InChI is InChI=1S/C15H21N5O2S/c1-23(21,22)13-4-2-12(3-5-13)9-17-14-8-15(19-10-18-14)20-7-6-16-11-20/h6-8,10-13H,2-5,9H2,1H3,(H,17,18,19). The predicted molar refractivity (Wildman–Crippen MR) is 88.2 cm³/mol. The average molecular weight is 335 g/mol. The fourth-order valence-corrected chi connectivity index (χ4v) is 4.12. The second-order valence-electron chi connectivity index (χ2n) is 6.08. The average Bonchev–Trinajstić information content (AvgIpc) is 3.07. The summed E-state index contributed by atoms with van der Waals surface area (Å²) < 4.78 is 25.0. The number of hydrogen-bond acceptors (Lipinski definition) is 6. The fraction of sp³-hybridized carbons (Fsp3) is 0.533. The summed E-state index contributed by atoms with van der Waals surface area (Å²) in [6.07, 6.45) is 11.5. The Labute approximate surface area is 136 Å². The largest absolute Gasteiger partial charge is 0.370 e. The molecule has 23 heavy (non-hydrogen) atoms. The van der Waals surface area contributed by atoms with Crippen LogP contribution >= 0.6 is 0 Å². The molecule has 2 heterocycles. The van der Waals surface area contributed by atoms with Gasteiger partial charge in [0.25, 0.3) is 0 Å². The second-order valence-corrected chi connectivity index (χ2v) is 8.41. The quantitative estimate of drug-likeness (QED) is 0.894. The molecule has 8 heteroatoms. The van der Waals surface area contributed by atoms with Crippen LogP contribution < -0.4 is 5.32 Å². The zero-order chi connectivity index (χ0) is 16.3. The number of nitrogens with one attached hydrogen (secondary N) is 1. The summed E-state index contributed by atoms with van der Waals surface area (Å²) >= 11 is 0. The Morgan fingerprint density at radius 1 is 1.26 bits per heavy atom. The number of nitrogens with zero attached hydrogens (tertiary/aromatic N) is 4. The molecule has 1 aliphatic rings. The number of imidazole rings is 1. The van der Waals surface area contributed by atoms with Crippen LogP contribution in [0.25, 0.3) is 5.82 Å². The molecule has 0 saturated heterocycles. The van der Waals surface area contributed by atoms with E-state index in [2.05, 4.69) is 20.3 Å². The van der Waals surface area contributed by atoms with Crippen LogP contribution in [-0.2, 0) is 9.84 Å². The Kier molecular flexibility index (Phi) is 4.61. The normalized spacial score (nSPS) is 22.0. The number of rotatable bonds is 5. The van der Waals surface area contributed by atoms with Gasteiger partial charge in [0.1, 0.15) is 34.1 Å². The van der Waals surface area contributed by atoms with E-state index < -0.39 is 9.84 Å². The van der Waals surface area contributed by atoms with Gasteiger partial charge in [-0.3, -0.25) is 4.57 Å². The third-order valence-corrected chi connectivity index (χ3v) is 6.08. The molecule has 0 bridgehead atoms. The minimum absolute atomic E-state index is 0.161. The minimum atomic E-state index is -2.90. The van der Waals surface area contributed by atoms with Crippen molar-refractivity contribution >= 4 is 15.7 Å². The molecule has 3 rings (SSSR count). The first-order valence-corrected chi connectivity index (χ1v) is 9.71. The van der Waals surface area contributed by atoms with Gasteiger partial charge in [0, 0.05) is 31.3 Å². The molecule has 0 spiro atoms. The van der Waals surface area contributed by atoms with Crippen LogP contribution in [0.3, 0.4) is 0 Å². The zero-order valence-corrected chi connectivity index (χ0v) is 13.9. The fourth-order valence-electron chi connectivity index (χ4n) is 2.99. The topological polar surface area (TPSA) is 89.8 Å². The van der Waals surface area contributed by atoms with E-state index in [0.29, 0.717) is 5.92 Å². The zero-order valence-electron chi connectivity index (χ0n) is 13.1. The van der Waals surface area contributed by atoms with Crippen LogP contribution in [-0.4, -0.2) is 46.0 Å². The molecule has 0 aliphatic heterocycles. The Balaban J connectivity index is 1.55. The molecule has 2 aromatic heterocycles. The van der Waals surface area contributed by atoms with Crippen LogP contribution in [0, 0.1) is 5.92 Å². The first-order valence-electron chi connectivity index (χ1n) is 7.75. The van der Waals surface area contributed by atoms with Gasteiger partial charge in [-0.05, 0) is 31.6 Å². The lowest BCUT2D eigenvalue weighted by molar-refractivity contribution is 0.372. The van der Waals surface area contributed by atoms with Crippen molar-refractivity contribution in [2.45, 2.75) is 30.9 Å². The molecule has 124 valence electrons. The molecule has 2 aromatic rings. The third kappa shape index (κ3) is 4.07. The molecule has 0 radical (unpaired) electrons. The molecule has 0 unspecified atom stereocenters. The first-order chi connectivity index (χ1) is 11.0. The van der Waals surface area contributed by atoms with Crippen LogP contribution in [0.4, 0.5) is 5.82 Å². The Bertz CT molecular complexity index is 737. The lowest BCUT2D eigenvalue weighted by atomic mass is 9.89. The molecule has 7 nitrogen and oxygen atoms in total. The van der Waals surface area contributed by atoms with E-state index in [9.17, 15) is 8.42 Å². The van der Waals surface area contributed by atoms with Crippen molar-refractivity contribution in [1.29, 1.82) is 0 Å². The molecule has 0 amide bonds. The van der Waals surface area contributed by atoms with Crippen molar-refractivity contribution < 1.29 is 8.42 Å². The Morgan fingerprint density at radius 2 is 2.04 bits per heavy atom. The second kappa shape index (κ2) is 6.66. The molecule has 1 N–H and O–H groups in total. The van der Waals surface area contributed by atoms with Gasteiger partial charge in [-0.15, -0.1) is 0 Å². The van der Waals surface area contributed by atoms with E-state index in [0.717, 1.165) is 43.9 Å². The van der Waals surface area contributed by atoms with E-state index >= 15 is 0 Å². The van der Waals surface area contributed by atoms with Gasteiger partial charge >= 0.3 is 0 Å². The number of sulfone groups is 1. The van der Waals surface area contributed by atoms with E-state index in [1.54, 1.807) is 12.5 Å². The van der Waals surface area contributed by atoms with Crippen molar-refractivity contribution in [2.24, 2.45) is 5.92 Å². The van der Waals surface area contributed by atoms with Crippen molar-refractivity contribution in [3.05, 3.63) is 31.1 Å². The lowest BCUT2D eigenvalue weighted by Crippen LogP contribution is -2.29. The van der Waals surface area contributed by atoms with Crippen molar-refractivity contribution in [3.8, 4) is 5.82 Å². The molecule has 1 saturated carbocycles. The van der Waals surface area contributed by atoms with Crippen LogP contribution in [0.15, 0.2) is 31.1 Å². The van der Waals surface area contributed by atoms with Crippen LogP contribution in [0.5, 0.6) is 0 Å². The summed E-state index contributed by atoms with van der Waals surface area (Å²) in [4.78, 5) is 12.5. The van der Waals surface area contributed by atoms with E-state index in [1.807, 2.05) is 16.8 Å². The summed E-state index contributed by atoms with van der Waals surface area (Å²) in [5.74, 6) is 2.02. The smallest absolute Gasteiger partial charge is 0.150 e. The van der Waals surface area contributed by atoms with Gasteiger partial charge in [0.05, 0.1) is 5.25 Å². The van der Waals surface area contributed by atoms with E-state index in [-0.39, 0.29) is 5.25 Å². The SMILES string of the molecule is CS(=O)(=O)C1CCC(CNc2cc(-n3ccnc3)ncn2)CC1. The van der Waals surface area contributed by atoms with Crippen LogP contribution in [0.1, 0.15) is 25.7 Å². The van der Waals surface area contributed by atoms with Crippen molar-refractivity contribution in [3.63, 3.8) is 0 Å². The maximum atomic E-state index is 11.6. The molecule has 0 aromatic carbocycles. The highest BCUT2D eigenvalue weighted by Gasteiger charge is 2.27. The first kappa shape index (κ1) is 15.9. The van der Waals surface area contributed by atoms with Gasteiger partial charge < -0.3 is 5.32 Å². The van der Waals surface area contributed by atoms with E-state index in [4.69, 9.17) is 0 Å². The van der Waals surface area contributed by atoms with Gasteiger partial charge in [0.2, 0.25) is 0 Å². The summed E-state index contributed by atoms with van der Waals surface area (Å²) in [5.41, 5.74) is 0. The summed E-state index contributed by atoms with van der Waals surface area (Å²) in [5, 5.41) is 3.17. The molecule has 0 atom stereocenters. The monoisotopic (exact) mass is 335 g/mol. The molecule has 1 aliphatic carbocycles. The summed E-state index contributed by atoms with van der Waals surface area (Å²) in [7, 11) is -2.90. The minimum Gasteiger partial charge on any atom is -0.370 e. The molecular weight excluding hydrogens is 314 g/mol. The van der Waals surface area contributed by atoms with Gasteiger partial charge in [-0.1, -0.05) is 0 Å². The summed E-state index contributed by atoms with van der Waals surface area (Å²) in [6, 6.07) is 1.88.